The van der Waals surface area contributed by atoms with Gasteiger partial charge >= 0.3 is 12.1 Å². The van der Waals surface area contributed by atoms with Gasteiger partial charge in [-0.05, 0) is 5.57 Å². The SMILES string of the molecule is O=C(O)Cn1nc(C(F)(F)F)c2c1C(F)(F)[C@H]1C=C21. The normalized spacial score (nSPS) is 22.8. The zero-order valence-corrected chi connectivity index (χ0v) is 9.00. The summed E-state index contributed by atoms with van der Waals surface area (Å²) in [5.74, 6) is -6.43. The number of fused-ring (bicyclic) bond motifs is 3. The highest BCUT2D eigenvalue weighted by Crippen LogP contribution is 2.63. The van der Waals surface area contributed by atoms with Crippen LogP contribution in [0, 0.1) is 5.92 Å². The van der Waals surface area contributed by atoms with Crippen LogP contribution in [-0.4, -0.2) is 20.9 Å². The number of nitrogens with zero attached hydrogens (tertiary/aromatic N) is 2. The van der Waals surface area contributed by atoms with Crippen LogP contribution in [0.4, 0.5) is 22.0 Å². The van der Waals surface area contributed by atoms with E-state index in [1.807, 2.05) is 0 Å². The lowest BCUT2D eigenvalue weighted by Crippen LogP contribution is -2.23. The Bertz CT molecular complexity index is 629. The molecular weight excluding hydrogens is 275 g/mol. The number of rotatable bonds is 2. The number of carbonyl (C=O) groups is 1. The van der Waals surface area contributed by atoms with E-state index >= 15 is 0 Å². The lowest BCUT2D eigenvalue weighted by atomic mass is 10.1. The lowest BCUT2D eigenvalue weighted by molar-refractivity contribution is -0.143. The lowest BCUT2D eigenvalue weighted by Gasteiger charge is -2.13. The number of hydrogen-bond donors (Lipinski definition) is 1. The predicted octanol–water partition coefficient (Wildman–Crippen LogP) is 2.11. The van der Waals surface area contributed by atoms with E-state index in [9.17, 15) is 26.7 Å². The van der Waals surface area contributed by atoms with Gasteiger partial charge in [0.15, 0.2) is 5.69 Å². The first kappa shape index (κ1) is 12.1. The van der Waals surface area contributed by atoms with Crippen LogP contribution >= 0.6 is 0 Å². The van der Waals surface area contributed by atoms with Crippen molar-refractivity contribution in [3.8, 4) is 0 Å². The molecule has 0 fully saturated rings. The van der Waals surface area contributed by atoms with Gasteiger partial charge in [0, 0.05) is 5.56 Å². The van der Waals surface area contributed by atoms with Crippen molar-refractivity contribution in [2.75, 3.05) is 0 Å². The van der Waals surface area contributed by atoms with E-state index in [0.29, 0.717) is 0 Å². The molecule has 19 heavy (non-hydrogen) atoms. The Hall–Kier alpha value is -1.93. The third kappa shape index (κ3) is 1.50. The van der Waals surface area contributed by atoms with E-state index in [4.69, 9.17) is 5.11 Å². The van der Waals surface area contributed by atoms with Crippen molar-refractivity contribution in [2.24, 2.45) is 5.92 Å². The molecule has 0 bridgehead atoms. The highest BCUT2D eigenvalue weighted by Gasteiger charge is 2.63. The largest absolute Gasteiger partial charge is 0.480 e. The Morgan fingerprint density at radius 3 is 2.63 bits per heavy atom. The zero-order valence-electron chi connectivity index (χ0n) is 9.00. The van der Waals surface area contributed by atoms with E-state index in [1.165, 1.54) is 0 Å². The van der Waals surface area contributed by atoms with Crippen molar-refractivity contribution < 1.29 is 31.9 Å². The maximum absolute atomic E-state index is 13.8. The van der Waals surface area contributed by atoms with E-state index < -0.39 is 47.5 Å². The maximum Gasteiger partial charge on any atom is 0.435 e. The number of carboxylic acids is 1. The van der Waals surface area contributed by atoms with Gasteiger partial charge in [-0.1, -0.05) is 6.08 Å². The summed E-state index contributed by atoms with van der Waals surface area (Å²) >= 11 is 0. The molecule has 1 aromatic heterocycles. The summed E-state index contributed by atoms with van der Waals surface area (Å²) in [4.78, 5) is 10.5. The smallest absolute Gasteiger partial charge is 0.435 e. The van der Waals surface area contributed by atoms with Crippen molar-refractivity contribution in [1.82, 2.24) is 9.78 Å². The molecule has 0 saturated heterocycles. The van der Waals surface area contributed by atoms with Crippen LogP contribution in [0.5, 0.6) is 0 Å². The number of hydrogen-bond acceptors (Lipinski definition) is 2. The Labute approximate surface area is 102 Å². The minimum Gasteiger partial charge on any atom is -0.480 e. The van der Waals surface area contributed by atoms with Gasteiger partial charge in [0.25, 0.3) is 5.92 Å². The van der Waals surface area contributed by atoms with E-state index in [-0.39, 0.29) is 10.3 Å². The number of carboxylic acid groups (broad SMARTS) is 1. The first-order valence-electron chi connectivity index (χ1n) is 5.14. The molecule has 2 aliphatic carbocycles. The van der Waals surface area contributed by atoms with Crippen LogP contribution in [-0.2, 0) is 23.4 Å². The summed E-state index contributed by atoms with van der Waals surface area (Å²) in [7, 11) is 0. The molecule has 1 atom stereocenters. The van der Waals surface area contributed by atoms with Gasteiger partial charge in [0.1, 0.15) is 12.2 Å². The van der Waals surface area contributed by atoms with Gasteiger partial charge in [0.2, 0.25) is 0 Å². The highest BCUT2D eigenvalue weighted by atomic mass is 19.4. The molecule has 1 N–H and O–H groups in total. The van der Waals surface area contributed by atoms with Crippen LogP contribution in [0.3, 0.4) is 0 Å². The summed E-state index contributed by atoms with van der Waals surface area (Å²) < 4.78 is 66.1. The monoisotopic (exact) mass is 280 g/mol. The second-order valence-corrected chi connectivity index (χ2v) is 4.34. The average Bonchev–Trinajstić information content (AvgIpc) is 2.87. The number of halogens is 5. The number of allylic oxidation sites excluding steroid dienone is 2. The molecule has 2 aliphatic rings. The Balaban J connectivity index is 2.22. The molecule has 0 radical (unpaired) electrons. The van der Waals surface area contributed by atoms with E-state index in [1.54, 1.807) is 0 Å². The van der Waals surface area contributed by atoms with Gasteiger partial charge in [-0.15, -0.1) is 0 Å². The van der Waals surface area contributed by atoms with Crippen molar-refractivity contribution in [3.63, 3.8) is 0 Å². The molecule has 102 valence electrons. The fraction of sp³-hybridized carbons (Fsp3) is 0.400. The van der Waals surface area contributed by atoms with Gasteiger partial charge in [-0.2, -0.15) is 27.1 Å². The molecule has 0 amide bonds. The van der Waals surface area contributed by atoms with Crippen molar-refractivity contribution in [1.29, 1.82) is 0 Å². The maximum atomic E-state index is 13.8. The second-order valence-electron chi connectivity index (χ2n) is 4.34. The molecule has 0 spiro atoms. The molecule has 9 heteroatoms. The number of aliphatic carboxylic acids is 1. The molecule has 0 unspecified atom stereocenters. The molecule has 1 heterocycles. The molecule has 3 rings (SSSR count). The van der Waals surface area contributed by atoms with Crippen LogP contribution in [0.25, 0.3) is 5.57 Å². The van der Waals surface area contributed by atoms with Crippen LogP contribution in [0.2, 0.25) is 0 Å². The van der Waals surface area contributed by atoms with Crippen LogP contribution in [0.1, 0.15) is 17.0 Å². The first-order chi connectivity index (χ1) is 8.64. The van der Waals surface area contributed by atoms with Gasteiger partial charge < -0.3 is 5.11 Å². The first-order valence-corrected chi connectivity index (χ1v) is 5.14. The fourth-order valence-electron chi connectivity index (χ4n) is 2.33. The summed E-state index contributed by atoms with van der Waals surface area (Å²) in [6.45, 7) is -1.03. The quantitative estimate of drug-likeness (QED) is 0.844. The topological polar surface area (TPSA) is 55.1 Å². The summed E-state index contributed by atoms with van der Waals surface area (Å²) in [5, 5.41) is 11.6. The van der Waals surface area contributed by atoms with Crippen LogP contribution < -0.4 is 0 Å². The minimum atomic E-state index is -4.90. The standard InChI is InChI=1S/C10H5F5N2O2/c11-9(12)4-1-3(4)6-7(10(13,14)15)16-17(8(6)9)2-5(18)19/h1,4H,2H2,(H,18,19)/t4-/m0/s1. The molecule has 1 aromatic rings. The van der Waals surface area contributed by atoms with Gasteiger partial charge in [-0.3, -0.25) is 9.48 Å². The zero-order chi connectivity index (χ0) is 14.2. The number of aromatic nitrogens is 2. The third-order valence-electron chi connectivity index (χ3n) is 3.07. The average molecular weight is 280 g/mol. The minimum absolute atomic E-state index is 0.107. The fourth-order valence-corrected chi connectivity index (χ4v) is 2.33. The highest BCUT2D eigenvalue weighted by molar-refractivity contribution is 5.89. The molecule has 4 nitrogen and oxygen atoms in total. The Morgan fingerprint density at radius 1 is 1.47 bits per heavy atom. The van der Waals surface area contributed by atoms with Crippen LogP contribution in [0.15, 0.2) is 6.08 Å². The molecular formula is C10H5F5N2O2. The van der Waals surface area contributed by atoms with E-state index in [2.05, 4.69) is 5.10 Å². The van der Waals surface area contributed by atoms with Crippen molar-refractivity contribution in [2.45, 2.75) is 18.6 Å². The third-order valence-corrected chi connectivity index (χ3v) is 3.07. The van der Waals surface area contributed by atoms with E-state index in [0.717, 1.165) is 6.08 Å². The Kier molecular flexibility index (Phi) is 2.01. The molecule has 0 saturated carbocycles. The second kappa shape index (κ2) is 3.14. The predicted molar refractivity (Wildman–Crippen MR) is 50.2 cm³/mol. The Morgan fingerprint density at radius 2 is 2.11 bits per heavy atom. The summed E-state index contributed by atoms with van der Waals surface area (Å²) in [5.41, 5.74) is -3.17. The molecule has 0 aliphatic heterocycles. The van der Waals surface area contributed by atoms with Crippen molar-refractivity contribution in [3.05, 3.63) is 23.0 Å². The van der Waals surface area contributed by atoms with Gasteiger partial charge in [-0.25, -0.2) is 0 Å². The summed E-state index contributed by atoms with van der Waals surface area (Å²) in [6, 6.07) is 0. The number of alkyl halides is 5. The van der Waals surface area contributed by atoms with Crippen molar-refractivity contribution >= 4 is 11.5 Å². The summed E-state index contributed by atoms with van der Waals surface area (Å²) in [6.07, 6.45) is -3.87. The molecule has 0 aromatic carbocycles. The van der Waals surface area contributed by atoms with Gasteiger partial charge in [0.05, 0.1) is 5.92 Å².